The normalized spacial score (nSPS) is 9.94. The van der Waals surface area contributed by atoms with Crippen molar-refractivity contribution in [3.8, 4) is 0 Å². The molecule has 4 nitrogen and oxygen atoms in total. The van der Waals surface area contributed by atoms with E-state index in [4.69, 9.17) is 11.6 Å². The molecule has 0 fully saturated rings. The molecular weight excluding hydrogens is 240 g/mol. The predicted molar refractivity (Wildman–Crippen MR) is 67.0 cm³/mol. The van der Waals surface area contributed by atoms with E-state index in [2.05, 4.69) is 0 Å². The van der Waals surface area contributed by atoms with Gasteiger partial charge < -0.3 is 0 Å². The molecule has 0 saturated heterocycles. The standard InChI is InChI=1S/C12H9ClN2O2/c13-10-6-8-12(9-7-10)14(15(16)17)11-4-2-1-3-5-11/h1-9H. The van der Waals surface area contributed by atoms with Crippen LogP contribution < -0.4 is 5.01 Å². The Balaban J connectivity index is 2.43. The molecule has 0 saturated carbocycles. The van der Waals surface area contributed by atoms with Crippen LogP contribution in [0.1, 0.15) is 0 Å². The largest absolute Gasteiger partial charge is 0.234 e. The Hall–Kier alpha value is -2.07. The third-order valence-electron chi connectivity index (χ3n) is 2.24. The monoisotopic (exact) mass is 248 g/mol. The van der Waals surface area contributed by atoms with Crippen molar-refractivity contribution < 1.29 is 5.03 Å². The van der Waals surface area contributed by atoms with Gasteiger partial charge in [0.05, 0.1) is 0 Å². The molecule has 0 amide bonds. The predicted octanol–water partition coefficient (Wildman–Crippen LogP) is 3.67. The second-order valence-electron chi connectivity index (χ2n) is 3.36. The molecule has 0 bridgehead atoms. The van der Waals surface area contributed by atoms with Crippen LogP contribution in [0.3, 0.4) is 0 Å². The Labute approximate surface area is 103 Å². The number of hydrazine groups is 1. The first-order chi connectivity index (χ1) is 8.18. The van der Waals surface area contributed by atoms with Gasteiger partial charge in [0, 0.05) is 5.02 Å². The Morgan fingerprint density at radius 1 is 0.941 bits per heavy atom. The van der Waals surface area contributed by atoms with Crippen molar-refractivity contribution in [3.63, 3.8) is 0 Å². The number of halogens is 1. The molecule has 0 heterocycles. The third kappa shape index (κ3) is 2.54. The summed E-state index contributed by atoms with van der Waals surface area (Å²) in [5.41, 5.74) is 0.963. The number of nitrogens with zero attached hydrogens (tertiary/aromatic N) is 2. The zero-order valence-corrected chi connectivity index (χ0v) is 9.54. The van der Waals surface area contributed by atoms with Crippen molar-refractivity contribution in [2.45, 2.75) is 0 Å². The molecule has 0 unspecified atom stereocenters. The minimum atomic E-state index is -0.460. The molecule has 5 heteroatoms. The number of rotatable bonds is 3. The molecular formula is C12H9ClN2O2. The average molecular weight is 249 g/mol. The van der Waals surface area contributed by atoms with Crippen LogP contribution in [0.4, 0.5) is 11.4 Å². The van der Waals surface area contributed by atoms with Gasteiger partial charge in [-0.05, 0) is 36.4 Å². The van der Waals surface area contributed by atoms with Gasteiger partial charge in [-0.3, -0.25) is 0 Å². The first-order valence-electron chi connectivity index (χ1n) is 4.93. The molecule has 2 aromatic rings. The van der Waals surface area contributed by atoms with Crippen molar-refractivity contribution in [2.75, 3.05) is 5.01 Å². The summed E-state index contributed by atoms with van der Waals surface area (Å²) in [5.74, 6) is 0. The van der Waals surface area contributed by atoms with Gasteiger partial charge in [0.1, 0.15) is 11.4 Å². The van der Waals surface area contributed by atoms with E-state index in [-0.39, 0.29) is 0 Å². The van der Waals surface area contributed by atoms with E-state index < -0.39 is 5.03 Å². The zero-order valence-electron chi connectivity index (χ0n) is 8.79. The van der Waals surface area contributed by atoms with E-state index in [0.29, 0.717) is 16.4 Å². The van der Waals surface area contributed by atoms with Crippen LogP contribution in [-0.4, -0.2) is 5.03 Å². The lowest BCUT2D eigenvalue weighted by Crippen LogP contribution is -2.23. The quantitative estimate of drug-likeness (QED) is 0.615. The van der Waals surface area contributed by atoms with Gasteiger partial charge in [0.2, 0.25) is 0 Å². The Kier molecular flexibility index (Phi) is 3.25. The van der Waals surface area contributed by atoms with Gasteiger partial charge in [0.15, 0.2) is 5.03 Å². The molecule has 0 aliphatic heterocycles. The lowest BCUT2D eigenvalue weighted by molar-refractivity contribution is -0.483. The average Bonchev–Trinajstić information content (AvgIpc) is 2.33. The summed E-state index contributed by atoms with van der Waals surface area (Å²) in [5, 5.41) is 12.2. The van der Waals surface area contributed by atoms with E-state index in [1.165, 1.54) is 0 Å². The van der Waals surface area contributed by atoms with Crippen LogP contribution >= 0.6 is 11.6 Å². The fourth-order valence-corrected chi connectivity index (χ4v) is 1.62. The summed E-state index contributed by atoms with van der Waals surface area (Å²) in [4.78, 5) is 11.1. The molecule has 0 aliphatic carbocycles. The van der Waals surface area contributed by atoms with E-state index in [1.54, 1.807) is 48.5 Å². The zero-order chi connectivity index (χ0) is 12.3. The van der Waals surface area contributed by atoms with Crippen molar-refractivity contribution in [3.05, 3.63) is 69.7 Å². The third-order valence-corrected chi connectivity index (χ3v) is 2.49. The molecule has 0 aromatic heterocycles. The molecule has 0 N–H and O–H groups in total. The van der Waals surface area contributed by atoms with E-state index >= 15 is 0 Å². The maximum Gasteiger partial charge on any atom is 0.170 e. The molecule has 0 spiro atoms. The van der Waals surface area contributed by atoms with E-state index in [1.807, 2.05) is 6.07 Å². The van der Waals surface area contributed by atoms with Crippen LogP contribution in [0.5, 0.6) is 0 Å². The highest BCUT2D eigenvalue weighted by atomic mass is 35.5. The van der Waals surface area contributed by atoms with Crippen LogP contribution in [0, 0.1) is 10.1 Å². The second kappa shape index (κ2) is 4.84. The SMILES string of the molecule is O=[N+]([O-])N(c1ccccc1)c1ccc(Cl)cc1. The first kappa shape index (κ1) is 11.4. The Morgan fingerprint density at radius 2 is 1.47 bits per heavy atom. The van der Waals surface area contributed by atoms with Gasteiger partial charge >= 0.3 is 0 Å². The van der Waals surface area contributed by atoms with Crippen LogP contribution in [-0.2, 0) is 0 Å². The van der Waals surface area contributed by atoms with Crippen molar-refractivity contribution >= 4 is 23.0 Å². The van der Waals surface area contributed by atoms with Crippen LogP contribution in [0.2, 0.25) is 5.02 Å². The second-order valence-corrected chi connectivity index (χ2v) is 3.80. The lowest BCUT2D eigenvalue weighted by atomic mass is 10.2. The maximum atomic E-state index is 11.1. The van der Waals surface area contributed by atoms with Gasteiger partial charge in [-0.25, -0.2) is 10.1 Å². The lowest BCUT2D eigenvalue weighted by Gasteiger charge is -2.13. The fraction of sp³-hybridized carbons (Fsp3) is 0. The van der Waals surface area contributed by atoms with Gasteiger partial charge in [-0.15, -0.1) is 0 Å². The molecule has 86 valence electrons. The van der Waals surface area contributed by atoms with Gasteiger partial charge in [-0.1, -0.05) is 34.8 Å². The number of hydrogen-bond acceptors (Lipinski definition) is 2. The number of hydrogen-bond donors (Lipinski definition) is 0. The summed E-state index contributed by atoms with van der Waals surface area (Å²) in [6, 6.07) is 15.1. The molecule has 0 atom stereocenters. The molecule has 2 rings (SSSR count). The Morgan fingerprint density at radius 3 is 2.00 bits per heavy atom. The fourth-order valence-electron chi connectivity index (χ4n) is 1.49. The van der Waals surface area contributed by atoms with Gasteiger partial charge in [-0.2, -0.15) is 0 Å². The summed E-state index contributed by atoms with van der Waals surface area (Å²) in [6.07, 6.45) is 0. The minimum absolute atomic E-state index is 0.460. The highest BCUT2D eigenvalue weighted by Crippen LogP contribution is 2.26. The number of nitro groups is 1. The van der Waals surface area contributed by atoms with Crippen molar-refractivity contribution in [1.82, 2.24) is 0 Å². The first-order valence-corrected chi connectivity index (χ1v) is 5.31. The van der Waals surface area contributed by atoms with Crippen LogP contribution in [0.15, 0.2) is 54.6 Å². The summed E-state index contributed by atoms with van der Waals surface area (Å²) in [6.45, 7) is 0. The maximum absolute atomic E-state index is 11.1. The Bertz CT molecular complexity index is 514. The number of benzene rings is 2. The van der Waals surface area contributed by atoms with Crippen molar-refractivity contribution in [2.24, 2.45) is 0 Å². The smallest absolute Gasteiger partial charge is 0.170 e. The summed E-state index contributed by atoms with van der Waals surface area (Å²) < 4.78 is 0. The van der Waals surface area contributed by atoms with Crippen LogP contribution in [0.25, 0.3) is 0 Å². The highest BCUT2D eigenvalue weighted by molar-refractivity contribution is 6.30. The minimum Gasteiger partial charge on any atom is -0.234 e. The highest BCUT2D eigenvalue weighted by Gasteiger charge is 2.19. The van der Waals surface area contributed by atoms with E-state index in [0.717, 1.165) is 5.01 Å². The molecule has 0 radical (unpaired) electrons. The molecule has 17 heavy (non-hydrogen) atoms. The summed E-state index contributed by atoms with van der Waals surface area (Å²) in [7, 11) is 0. The topological polar surface area (TPSA) is 46.4 Å². The molecule has 0 aliphatic rings. The van der Waals surface area contributed by atoms with Gasteiger partial charge in [0.25, 0.3) is 0 Å². The van der Waals surface area contributed by atoms with E-state index in [9.17, 15) is 10.1 Å². The number of para-hydroxylation sites is 1. The summed E-state index contributed by atoms with van der Waals surface area (Å²) >= 11 is 5.75. The van der Waals surface area contributed by atoms with Crippen molar-refractivity contribution in [1.29, 1.82) is 0 Å². The molecule has 2 aromatic carbocycles. The number of anilines is 2.